The summed E-state index contributed by atoms with van der Waals surface area (Å²) in [6, 6.07) is 10.8. The molecule has 3 aliphatic heterocycles. The highest BCUT2D eigenvalue weighted by Crippen LogP contribution is 2.33. The second-order valence-corrected chi connectivity index (χ2v) is 9.12. The molecule has 5 rings (SSSR count). The Bertz CT molecular complexity index is 1120. The quantitative estimate of drug-likeness (QED) is 0.718. The maximum absolute atomic E-state index is 13.0. The van der Waals surface area contributed by atoms with Crippen molar-refractivity contribution in [2.45, 2.75) is 11.4 Å². The number of fused-ring (bicyclic) bond motifs is 2. The van der Waals surface area contributed by atoms with Crippen molar-refractivity contribution in [1.82, 2.24) is 9.80 Å². The number of piperazine rings is 1. The Kier molecular flexibility index (Phi) is 5.48. The van der Waals surface area contributed by atoms with Crippen LogP contribution in [0.5, 0.6) is 11.5 Å². The van der Waals surface area contributed by atoms with Crippen LogP contribution in [0.2, 0.25) is 0 Å². The molecule has 0 unspecified atom stereocenters. The van der Waals surface area contributed by atoms with Gasteiger partial charge in [0.05, 0.1) is 4.90 Å². The molecule has 1 saturated heterocycles. The van der Waals surface area contributed by atoms with Crippen LogP contribution in [0.25, 0.3) is 6.08 Å². The van der Waals surface area contributed by atoms with E-state index in [4.69, 9.17) is 9.47 Å². The van der Waals surface area contributed by atoms with Crippen LogP contribution in [0.15, 0.2) is 46.7 Å². The molecule has 3 heterocycles. The minimum absolute atomic E-state index is 0. The number of sulfone groups is 1. The molecule has 0 bridgehead atoms. The van der Waals surface area contributed by atoms with Crippen LogP contribution in [0.3, 0.4) is 0 Å². The molecule has 0 aliphatic carbocycles. The van der Waals surface area contributed by atoms with Crippen molar-refractivity contribution in [3.05, 3.63) is 58.5 Å². The van der Waals surface area contributed by atoms with E-state index >= 15 is 0 Å². The van der Waals surface area contributed by atoms with Crippen molar-refractivity contribution >= 4 is 34.2 Å². The molecule has 2 aromatic carbocycles. The van der Waals surface area contributed by atoms with Gasteiger partial charge < -0.3 is 14.4 Å². The summed E-state index contributed by atoms with van der Waals surface area (Å²) < 4.78 is 34.9. The summed E-state index contributed by atoms with van der Waals surface area (Å²) in [4.78, 5) is 17.3. The van der Waals surface area contributed by atoms with Crippen LogP contribution in [-0.4, -0.2) is 57.1 Å². The standard InChI is InChI=1S/C21H20N2O5S.ClH/c24-21(17-2-1-3-20-16(17)6-11-29(20,25)26)23-9-7-22(8-10-23)13-15-4-5-18-19(12-15)28-14-27-18;/h1-6,11-12H,7-10,13-14H2;1H. The van der Waals surface area contributed by atoms with E-state index in [9.17, 15) is 13.2 Å². The van der Waals surface area contributed by atoms with Gasteiger partial charge in [-0.2, -0.15) is 0 Å². The molecule has 1 fully saturated rings. The molecule has 0 spiro atoms. The normalized spacial score (nSPS) is 18.7. The van der Waals surface area contributed by atoms with E-state index in [0.717, 1.165) is 42.1 Å². The fourth-order valence-corrected chi connectivity index (χ4v) is 5.17. The van der Waals surface area contributed by atoms with E-state index < -0.39 is 9.84 Å². The van der Waals surface area contributed by atoms with Gasteiger partial charge in [-0.25, -0.2) is 8.42 Å². The van der Waals surface area contributed by atoms with Crippen molar-refractivity contribution < 1.29 is 22.7 Å². The molecule has 0 radical (unpaired) electrons. The molecule has 2 aromatic rings. The van der Waals surface area contributed by atoms with Gasteiger partial charge >= 0.3 is 0 Å². The molecule has 7 nitrogen and oxygen atoms in total. The lowest BCUT2D eigenvalue weighted by Crippen LogP contribution is -2.48. The molecule has 0 saturated carbocycles. The Hall–Kier alpha value is -2.55. The van der Waals surface area contributed by atoms with Crippen LogP contribution in [0.4, 0.5) is 0 Å². The Morgan fingerprint density at radius 3 is 2.57 bits per heavy atom. The monoisotopic (exact) mass is 448 g/mol. The van der Waals surface area contributed by atoms with Crippen LogP contribution in [-0.2, 0) is 16.4 Å². The van der Waals surface area contributed by atoms with Gasteiger partial charge in [-0.15, -0.1) is 12.4 Å². The zero-order chi connectivity index (χ0) is 20.0. The second-order valence-electron chi connectivity index (χ2n) is 7.32. The topological polar surface area (TPSA) is 76.2 Å². The number of amides is 1. The third kappa shape index (κ3) is 3.66. The summed E-state index contributed by atoms with van der Waals surface area (Å²) in [7, 11) is -3.42. The maximum atomic E-state index is 13.0. The van der Waals surface area contributed by atoms with Gasteiger partial charge in [0.2, 0.25) is 6.79 Å². The van der Waals surface area contributed by atoms with Crippen molar-refractivity contribution in [1.29, 1.82) is 0 Å². The van der Waals surface area contributed by atoms with Crippen molar-refractivity contribution in [3.8, 4) is 11.5 Å². The van der Waals surface area contributed by atoms with Crippen molar-refractivity contribution in [2.24, 2.45) is 0 Å². The summed E-state index contributed by atoms with van der Waals surface area (Å²) in [6.45, 7) is 3.75. The summed E-state index contributed by atoms with van der Waals surface area (Å²) in [5.74, 6) is 1.43. The number of ether oxygens (including phenoxy) is 2. The average molecular weight is 449 g/mol. The molecule has 30 heavy (non-hydrogen) atoms. The van der Waals surface area contributed by atoms with E-state index in [2.05, 4.69) is 4.90 Å². The summed E-state index contributed by atoms with van der Waals surface area (Å²) in [6.07, 6.45) is 1.52. The molecule has 0 aromatic heterocycles. The third-order valence-corrected chi connectivity index (χ3v) is 6.98. The van der Waals surface area contributed by atoms with Crippen LogP contribution in [0.1, 0.15) is 21.5 Å². The van der Waals surface area contributed by atoms with E-state index in [1.807, 2.05) is 18.2 Å². The first-order valence-corrected chi connectivity index (χ1v) is 11.0. The molecule has 3 aliphatic rings. The zero-order valence-electron chi connectivity index (χ0n) is 16.1. The van der Waals surface area contributed by atoms with Gasteiger partial charge in [0.25, 0.3) is 5.91 Å². The largest absolute Gasteiger partial charge is 0.454 e. The number of carbonyl (C=O) groups is 1. The predicted molar refractivity (Wildman–Crippen MR) is 114 cm³/mol. The summed E-state index contributed by atoms with van der Waals surface area (Å²) in [5.41, 5.74) is 2.09. The number of benzene rings is 2. The number of hydrogen-bond donors (Lipinski definition) is 0. The highest BCUT2D eigenvalue weighted by atomic mass is 35.5. The summed E-state index contributed by atoms with van der Waals surface area (Å²) >= 11 is 0. The van der Waals surface area contributed by atoms with Crippen LogP contribution >= 0.6 is 12.4 Å². The van der Waals surface area contributed by atoms with Gasteiger partial charge in [0.1, 0.15) is 0 Å². The lowest BCUT2D eigenvalue weighted by Gasteiger charge is -2.35. The van der Waals surface area contributed by atoms with Crippen LogP contribution < -0.4 is 9.47 Å². The molecule has 0 atom stereocenters. The van der Waals surface area contributed by atoms with Gasteiger partial charge in [-0.1, -0.05) is 12.1 Å². The van der Waals surface area contributed by atoms with Crippen LogP contribution in [0, 0.1) is 0 Å². The van der Waals surface area contributed by atoms with Crippen molar-refractivity contribution in [2.75, 3.05) is 33.0 Å². The Morgan fingerprint density at radius 2 is 1.77 bits per heavy atom. The Balaban J connectivity index is 0.00000218. The van der Waals surface area contributed by atoms with Gasteiger partial charge in [0.15, 0.2) is 21.3 Å². The fraction of sp³-hybridized carbons (Fsp3) is 0.286. The molecule has 0 N–H and O–H groups in total. The lowest BCUT2D eigenvalue weighted by molar-refractivity contribution is 0.0628. The van der Waals surface area contributed by atoms with Crippen molar-refractivity contribution in [3.63, 3.8) is 0 Å². The fourth-order valence-electron chi connectivity index (χ4n) is 3.96. The number of nitrogens with zero attached hydrogens (tertiary/aromatic N) is 2. The maximum Gasteiger partial charge on any atom is 0.254 e. The van der Waals surface area contributed by atoms with Gasteiger partial charge in [-0.3, -0.25) is 9.69 Å². The van der Waals surface area contributed by atoms with E-state index in [1.165, 1.54) is 6.08 Å². The smallest absolute Gasteiger partial charge is 0.254 e. The molecule has 1 amide bonds. The number of rotatable bonds is 3. The minimum atomic E-state index is -3.42. The Morgan fingerprint density at radius 1 is 1.00 bits per heavy atom. The summed E-state index contributed by atoms with van der Waals surface area (Å²) in [5, 5.41) is 1.16. The average Bonchev–Trinajstić information content (AvgIpc) is 3.32. The van der Waals surface area contributed by atoms with E-state index in [-0.39, 0.29) is 30.0 Å². The molecular weight excluding hydrogens is 428 g/mol. The number of halogens is 1. The number of carbonyl (C=O) groups excluding carboxylic acids is 1. The Labute approximate surface area is 181 Å². The highest BCUT2D eigenvalue weighted by molar-refractivity contribution is 7.94. The van der Waals surface area contributed by atoms with Gasteiger partial charge in [0, 0.05) is 49.3 Å². The van der Waals surface area contributed by atoms with Gasteiger partial charge in [-0.05, 0) is 35.9 Å². The highest BCUT2D eigenvalue weighted by Gasteiger charge is 2.29. The van der Waals surface area contributed by atoms with E-state index in [1.54, 1.807) is 23.1 Å². The lowest BCUT2D eigenvalue weighted by atomic mass is 10.1. The third-order valence-electron chi connectivity index (χ3n) is 5.52. The SMILES string of the molecule is Cl.O=C(c1cccc2c1C=CS2(=O)=O)N1CCN(Cc2ccc3c(c2)OCO3)CC1. The zero-order valence-corrected chi connectivity index (χ0v) is 17.7. The second kappa shape index (κ2) is 7.94. The molecule has 9 heteroatoms. The van der Waals surface area contributed by atoms with E-state index in [0.29, 0.717) is 24.2 Å². The first-order chi connectivity index (χ1) is 14.0. The predicted octanol–water partition coefficient (Wildman–Crippen LogP) is 2.55. The molecular formula is C21H21ClN2O5S. The minimum Gasteiger partial charge on any atom is -0.454 e. The molecule has 158 valence electrons. The number of hydrogen-bond acceptors (Lipinski definition) is 6. The first kappa shape index (κ1) is 20.7. The first-order valence-electron chi connectivity index (χ1n) is 9.48.